The summed E-state index contributed by atoms with van der Waals surface area (Å²) in [5, 5.41) is 13.9. The van der Waals surface area contributed by atoms with E-state index in [9.17, 15) is 5.11 Å². The van der Waals surface area contributed by atoms with Crippen LogP contribution in [0.15, 0.2) is 24.3 Å². The monoisotopic (exact) mass is 274 g/mol. The van der Waals surface area contributed by atoms with Crippen LogP contribution in [0.25, 0.3) is 0 Å². The van der Waals surface area contributed by atoms with Crippen LogP contribution >= 0.6 is 0 Å². The lowest BCUT2D eigenvalue weighted by atomic mass is 9.85. The Bertz CT molecular complexity index is 417. The zero-order valence-electron chi connectivity index (χ0n) is 12.3. The second kappa shape index (κ2) is 6.04. The van der Waals surface area contributed by atoms with Crippen molar-refractivity contribution in [3.05, 3.63) is 24.3 Å². The Balaban J connectivity index is 1.55. The van der Waals surface area contributed by atoms with Gasteiger partial charge in [0.2, 0.25) is 0 Å². The molecule has 0 unspecified atom stereocenters. The van der Waals surface area contributed by atoms with Crippen LogP contribution in [0, 0.1) is 0 Å². The molecule has 2 aliphatic rings. The summed E-state index contributed by atoms with van der Waals surface area (Å²) in [7, 11) is 0. The summed E-state index contributed by atoms with van der Waals surface area (Å²) < 4.78 is 0. The first kappa shape index (κ1) is 13.7. The predicted molar refractivity (Wildman–Crippen MR) is 84.4 cm³/mol. The zero-order chi connectivity index (χ0) is 13.8. The number of nitrogens with zero attached hydrogens (tertiary/aromatic N) is 1. The van der Waals surface area contributed by atoms with E-state index in [0.29, 0.717) is 6.54 Å². The number of hydrogen-bond acceptors (Lipinski definition) is 3. The molecule has 20 heavy (non-hydrogen) atoms. The van der Waals surface area contributed by atoms with E-state index in [2.05, 4.69) is 34.5 Å². The Morgan fingerprint density at radius 2 is 1.60 bits per heavy atom. The minimum Gasteiger partial charge on any atom is -0.388 e. The van der Waals surface area contributed by atoms with E-state index in [4.69, 9.17) is 0 Å². The summed E-state index contributed by atoms with van der Waals surface area (Å²) in [5.41, 5.74) is 1.95. The molecule has 0 aromatic heterocycles. The average molecular weight is 274 g/mol. The van der Waals surface area contributed by atoms with Crippen molar-refractivity contribution in [2.75, 3.05) is 29.9 Å². The van der Waals surface area contributed by atoms with Gasteiger partial charge in [-0.25, -0.2) is 0 Å². The van der Waals surface area contributed by atoms with Gasteiger partial charge in [0.1, 0.15) is 0 Å². The van der Waals surface area contributed by atoms with Gasteiger partial charge < -0.3 is 15.3 Å². The quantitative estimate of drug-likeness (QED) is 0.883. The molecule has 0 bridgehead atoms. The molecule has 1 aliphatic heterocycles. The molecule has 0 amide bonds. The summed E-state index contributed by atoms with van der Waals surface area (Å²) in [6.07, 6.45) is 8.09. The molecule has 110 valence electrons. The highest BCUT2D eigenvalue weighted by molar-refractivity contribution is 5.55. The molecule has 1 saturated heterocycles. The van der Waals surface area contributed by atoms with Crippen molar-refractivity contribution in [1.29, 1.82) is 0 Å². The van der Waals surface area contributed by atoms with E-state index in [1.54, 1.807) is 0 Å². The van der Waals surface area contributed by atoms with Crippen molar-refractivity contribution in [2.45, 2.75) is 50.5 Å². The molecule has 0 spiro atoms. The zero-order valence-corrected chi connectivity index (χ0v) is 12.3. The maximum Gasteiger partial charge on any atom is 0.0819 e. The van der Waals surface area contributed by atoms with Gasteiger partial charge in [-0.1, -0.05) is 19.3 Å². The lowest BCUT2D eigenvalue weighted by Crippen LogP contribution is -2.38. The lowest BCUT2D eigenvalue weighted by Gasteiger charge is -2.32. The van der Waals surface area contributed by atoms with Crippen LogP contribution < -0.4 is 10.2 Å². The van der Waals surface area contributed by atoms with Gasteiger partial charge in [0.15, 0.2) is 0 Å². The summed E-state index contributed by atoms with van der Waals surface area (Å²) in [6, 6.07) is 8.66. The highest BCUT2D eigenvalue weighted by Crippen LogP contribution is 2.28. The Morgan fingerprint density at radius 1 is 0.950 bits per heavy atom. The summed E-state index contributed by atoms with van der Waals surface area (Å²) >= 11 is 0. The third kappa shape index (κ3) is 3.26. The molecule has 0 radical (unpaired) electrons. The van der Waals surface area contributed by atoms with Gasteiger partial charge >= 0.3 is 0 Å². The van der Waals surface area contributed by atoms with Gasteiger partial charge in [-0.2, -0.15) is 0 Å². The van der Waals surface area contributed by atoms with Crippen LogP contribution in [0.1, 0.15) is 44.9 Å². The number of aliphatic hydroxyl groups is 1. The summed E-state index contributed by atoms with van der Waals surface area (Å²) in [4.78, 5) is 2.44. The first-order valence-corrected chi connectivity index (χ1v) is 8.07. The van der Waals surface area contributed by atoms with Gasteiger partial charge in [0.05, 0.1) is 5.60 Å². The maximum absolute atomic E-state index is 10.5. The van der Waals surface area contributed by atoms with Crippen LogP contribution in [0.5, 0.6) is 0 Å². The number of anilines is 2. The molecule has 1 aromatic rings. The van der Waals surface area contributed by atoms with Crippen LogP contribution in [-0.2, 0) is 0 Å². The summed E-state index contributed by atoms with van der Waals surface area (Å²) in [6.45, 7) is 3.05. The smallest absolute Gasteiger partial charge is 0.0819 e. The minimum atomic E-state index is -0.494. The molecule has 2 fully saturated rings. The fourth-order valence-corrected chi connectivity index (χ4v) is 3.42. The van der Waals surface area contributed by atoms with Gasteiger partial charge in [-0.05, 0) is 49.9 Å². The van der Waals surface area contributed by atoms with E-state index >= 15 is 0 Å². The fourth-order valence-electron chi connectivity index (χ4n) is 3.42. The Labute approximate surface area is 122 Å². The minimum absolute atomic E-state index is 0.494. The fraction of sp³-hybridized carbons (Fsp3) is 0.647. The third-order valence-electron chi connectivity index (χ3n) is 4.74. The van der Waals surface area contributed by atoms with Crippen molar-refractivity contribution in [3.8, 4) is 0 Å². The highest BCUT2D eigenvalue weighted by atomic mass is 16.3. The third-order valence-corrected chi connectivity index (χ3v) is 4.74. The van der Waals surface area contributed by atoms with Crippen molar-refractivity contribution >= 4 is 11.4 Å². The topological polar surface area (TPSA) is 35.5 Å². The van der Waals surface area contributed by atoms with Crippen LogP contribution in [-0.4, -0.2) is 30.3 Å². The van der Waals surface area contributed by atoms with E-state index in [-0.39, 0.29) is 0 Å². The van der Waals surface area contributed by atoms with Crippen molar-refractivity contribution in [3.63, 3.8) is 0 Å². The molecular formula is C17H26N2O. The van der Waals surface area contributed by atoms with Crippen molar-refractivity contribution < 1.29 is 5.11 Å². The second-order valence-corrected chi connectivity index (χ2v) is 6.38. The highest BCUT2D eigenvalue weighted by Gasteiger charge is 2.28. The maximum atomic E-state index is 10.5. The van der Waals surface area contributed by atoms with Crippen molar-refractivity contribution in [2.24, 2.45) is 0 Å². The lowest BCUT2D eigenvalue weighted by molar-refractivity contribution is 0.0167. The summed E-state index contributed by atoms with van der Waals surface area (Å²) in [5.74, 6) is 0. The molecule has 0 atom stereocenters. The van der Waals surface area contributed by atoms with Crippen LogP contribution in [0.2, 0.25) is 0 Å². The van der Waals surface area contributed by atoms with Crippen LogP contribution in [0.3, 0.4) is 0 Å². The van der Waals surface area contributed by atoms with E-state index in [0.717, 1.165) is 31.4 Å². The van der Waals surface area contributed by atoms with E-state index in [1.807, 2.05) is 0 Å². The van der Waals surface area contributed by atoms with Crippen LogP contribution in [0.4, 0.5) is 11.4 Å². The van der Waals surface area contributed by atoms with Gasteiger partial charge in [-0.15, -0.1) is 0 Å². The molecule has 1 saturated carbocycles. The first-order chi connectivity index (χ1) is 9.75. The molecular weight excluding hydrogens is 248 g/mol. The first-order valence-electron chi connectivity index (χ1n) is 8.07. The molecule has 2 N–H and O–H groups in total. The number of hydrogen-bond donors (Lipinski definition) is 2. The average Bonchev–Trinajstić information content (AvgIpc) is 3.01. The van der Waals surface area contributed by atoms with Gasteiger partial charge in [0.25, 0.3) is 0 Å². The number of nitrogens with one attached hydrogen (secondary N) is 1. The molecule has 1 aromatic carbocycles. The van der Waals surface area contributed by atoms with Crippen molar-refractivity contribution in [1.82, 2.24) is 0 Å². The molecule has 1 heterocycles. The SMILES string of the molecule is OC1(CNc2ccc(N3CCCC3)cc2)CCCCC1. The Morgan fingerprint density at radius 3 is 2.25 bits per heavy atom. The molecule has 3 nitrogen and oxygen atoms in total. The Hall–Kier alpha value is -1.22. The largest absolute Gasteiger partial charge is 0.388 e. The van der Waals surface area contributed by atoms with Gasteiger partial charge in [0, 0.05) is 31.0 Å². The van der Waals surface area contributed by atoms with E-state index < -0.39 is 5.60 Å². The standard InChI is InChI=1S/C17H26N2O/c20-17(10-2-1-3-11-17)14-18-15-6-8-16(9-7-15)19-12-4-5-13-19/h6-9,18,20H,1-5,10-14H2. The van der Waals surface area contributed by atoms with Gasteiger partial charge in [-0.3, -0.25) is 0 Å². The second-order valence-electron chi connectivity index (χ2n) is 6.38. The molecule has 3 rings (SSSR count). The molecule has 1 aliphatic carbocycles. The predicted octanol–water partition coefficient (Wildman–Crippen LogP) is 3.39. The molecule has 3 heteroatoms. The van der Waals surface area contributed by atoms with E-state index in [1.165, 1.54) is 38.0 Å². The normalized spacial score (nSPS) is 21.9. The Kier molecular flexibility index (Phi) is 4.16. The number of rotatable bonds is 4. The number of benzene rings is 1.